The molecule has 0 atom stereocenters. The number of carbonyl (C=O) groups is 1. The van der Waals surface area contributed by atoms with Crippen molar-refractivity contribution in [3.63, 3.8) is 0 Å². The van der Waals surface area contributed by atoms with E-state index in [-0.39, 0.29) is 11.3 Å². The molecule has 25 heavy (non-hydrogen) atoms. The minimum absolute atomic E-state index is 0.236. The maximum atomic E-state index is 12.7. The van der Waals surface area contributed by atoms with E-state index in [1.165, 1.54) is 25.9 Å². The van der Waals surface area contributed by atoms with Gasteiger partial charge in [-0.3, -0.25) is 9.79 Å². The molecule has 0 unspecified atom stereocenters. The third-order valence-electron chi connectivity index (χ3n) is 5.70. The molecule has 1 saturated heterocycles. The average Bonchev–Trinajstić information content (AvgIpc) is 3.08. The maximum Gasteiger partial charge on any atom is 0.230 e. The number of rotatable bonds is 6. The first-order chi connectivity index (χ1) is 12.0. The Morgan fingerprint density at radius 1 is 1.20 bits per heavy atom. The summed E-state index contributed by atoms with van der Waals surface area (Å²) in [6.45, 7) is 6.85. The van der Waals surface area contributed by atoms with Gasteiger partial charge in [-0.1, -0.05) is 12.8 Å². The molecule has 1 heterocycles. The number of piperidine rings is 1. The van der Waals surface area contributed by atoms with Crippen molar-refractivity contribution in [2.75, 3.05) is 53.9 Å². The highest BCUT2D eigenvalue weighted by Crippen LogP contribution is 2.39. The summed E-state index contributed by atoms with van der Waals surface area (Å²) in [7, 11) is 5.91. The molecule has 0 spiro atoms. The van der Waals surface area contributed by atoms with E-state index < -0.39 is 0 Å². The number of likely N-dealkylation sites (tertiary alicyclic amines) is 1. The molecule has 0 bridgehead atoms. The highest BCUT2D eigenvalue weighted by atomic mass is 16.2. The van der Waals surface area contributed by atoms with Gasteiger partial charge in [0, 0.05) is 27.2 Å². The fourth-order valence-corrected chi connectivity index (χ4v) is 4.05. The van der Waals surface area contributed by atoms with Gasteiger partial charge in [-0.15, -0.1) is 0 Å². The molecule has 6 nitrogen and oxygen atoms in total. The van der Waals surface area contributed by atoms with Crippen LogP contribution in [0.1, 0.15) is 45.4 Å². The van der Waals surface area contributed by atoms with Crippen LogP contribution in [0.4, 0.5) is 0 Å². The van der Waals surface area contributed by atoms with Crippen LogP contribution in [-0.4, -0.2) is 75.5 Å². The fourth-order valence-electron chi connectivity index (χ4n) is 4.05. The summed E-state index contributed by atoms with van der Waals surface area (Å²) in [5.41, 5.74) is -0.292. The van der Waals surface area contributed by atoms with Gasteiger partial charge in [0.25, 0.3) is 0 Å². The fraction of sp³-hybridized carbons (Fsp3) is 0.895. The predicted octanol–water partition coefficient (Wildman–Crippen LogP) is 1.53. The Balaban J connectivity index is 1.94. The van der Waals surface area contributed by atoms with E-state index in [1.807, 2.05) is 14.1 Å². The molecule has 1 amide bonds. The van der Waals surface area contributed by atoms with Crippen molar-refractivity contribution >= 4 is 11.9 Å². The lowest BCUT2D eigenvalue weighted by molar-refractivity contribution is -0.138. The monoisotopic (exact) mass is 351 g/mol. The molecule has 2 aliphatic rings. The second kappa shape index (κ2) is 9.41. The summed E-state index contributed by atoms with van der Waals surface area (Å²) < 4.78 is 0. The molecule has 1 aliphatic heterocycles. The summed E-state index contributed by atoms with van der Waals surface area (Å²) in [5.74, 6) is 1.81. The Morgan fingerprint density at radius 2 is 1.84 bits per heavy atom. The van der Waals surface area contributed by atoms with E-state index in [1.54, 1.807) is 4.90 Å². The summed E-state index contributed by atoms with van der Waals surface area (Å²) in [4.78, 5) is 21.6. The largest absolute Gasteiger partial charge is 0.357 e. The topological polar surface area (TPSA) is 60.0 Å². The second-order valence-corrected chi connectivity index (χ2v) is 8.01. The number of carbonyl (C=O) groups excluding carboxylic acids is 1. The number of hydrogen-bond donors (Lipinski definition) is 2. The van der Waals surface area contributed by atoms with Gasteiger partial charge in [-0.2, -0.15) is 0 Å². The number of nitrogens with zero attached hydrogens (tertiary/aromatic N) is 3. The van der Waals surface area contributed by atoms with E-state index in [0.717, 1.165) is 44.7 Å². The van der Waals surface area contributed by atoms with Crippen LogP contribution in [0.2, 0.25) is 0 Å². The van der Waals surface area contributed by atoms with Crippen molar-refractivity contribution in [2.45, 2.75) is 45.4 Å². The lowest BCUT2D eigenvalue weighted by atomic mass is 9.85. The average molecular weight is 352 g/mol. The van der Waals surface area contributed by atoms with Crippen molar-refractivity contribution in [2.24, 2.45) is 16.3 Å². The van der Waals surface area contributed by atoms with Gasteiger partial charge in [0.1, 0.15) is 0 Å². The number of hydrogen-bond acceptors (Lipinski definition) is 3. The minimum Gasteiger partial charge on any atom is -0.357 e. The Bertz CT molecular complexity index is 449. The number of amides is 1. The second-order valence-electron chi connectivity index (χ2n) is 8.01. The van der Waals surface area contributed by atoms with Crippen LogP contribution in [0.15, 0.2) is 4.99 Å². The van der Waals surface area contributed by atoms with Gasteiger partial charge >= 0.3 is 0 Å². The predicted molar refractivity (Wildman–Crippen MR) is 104 cm³/mol. The Hall–Kier alpha value is -1.30. The molecule has 2 N–H and O–H groups in total. The molecule has 2 fully saturated rings. The first-order valence-electron chi connectivity index (χ1n) is 9.89. The van der Waals surface area contributed by atoms with Gasteiger partial charge in [-0.25, -0.2) is 0 Å². The van der Waals surface area contributed by atoms with Crippen LogP contribution >= 0.6 is 0 Å². The summed E-state index contributed by atoms with van der Waals surface area (Å²) in [6, 6.07) is 0. The zero-order valence-corrected chi connectivity index (χ0v) is 16.6. The lowest BCUT2D eigenvalue weighted by Gasteiger charge is -2.30. The maximum absolute atomic E-state index is 12.7. The molecule has 0 aromatic heterocycles. The highest BCUT2D eigenvalue weighted by Gasteiger charge is 2.42. The van der Waals surface area contributed by atoms with Gasteiger partial charge in [0.05, 0.1) is 12.0 Å². The van der Waals surface area contributed by atoms with Crippen LogP contribution in [0.3, 0.4) is 0 Å². The van der Waals surface area contributed by atoms with E-state index in [9.17, 15) is 4.79 Å². The van der Waals surface area contributed by atoms with Crippen LogP contribution in [0.25, 0.3) is 0 Å². The molecule has 0 aromatic carbocycles. The van der Waals surface area contributed by atoms with E-state index in [4.69, 9.17) is 4.99 Å². The quantitative estimate of drug-likeness (QED) is 0.563. The summed E-state index contributed by atoms with van der Waals surface area (Å²) in [6.07, 6.45) is 6.67. The van der Waals surface area contributed by atoms with Crippen LogP contribution < -0.4 is 10.6 Å². The van der Waals surface area contributed by atoms with Crippen LogP contribution in [-0.2, 0) is 4.79 Å². The Morgan fingerprint density at radius 3 is 2.40 bits per heavy atom. The Kier molecular flexibility index (Phi) is 7.54. The van der Waals surface area contributed by atoms with Gasteiger partial charge in [-0.05, 0) is 58.7 Å². The minimum atomic E-state index is -0.292. The third kappa shape index (κ3) is 5.59. The number of aliphatic imine (C=N–C) groups is 1. The first kappa shape index (κ1) is 20.0. The van der Waals surface area contributed by atoms with Gasteiger partial charge < -0.3 is 20.4 Å². The molecule has 1 aliphatic carbocycles. The third-order valence-corrected chi connectivity index (χ3v) is 5.70. The molecular weight excluding hydrogens is 314 g/mol. The number of guanidine groups is 1. The normalized spacial score (nSPS) is 22.0. The van der Waals surface area contributed by atoms with Crippen molar-refractivity contribution in [1.82, 2.24) is 20.4 Å². The van der Waals surface area contributed by atoms with E-state index in [2.05, 4.69) is 29.5 Å². The van der Waals surface area contributed by atoms with Crippen LogP contribution in [0, 0.1) is 11.3 Å². The van der Waals surface area contributed by atoms with E-state index in [0.29, 0.717) is 12.5 Å². The van der Waals surface area contributed by atoms with E-state index >= 15 is 0 Å². The van der Waals surface area contributed by atoms with Crippen molar-refractivity contribution in [3.8, 4) is 0 Å². The molecular formula is C19H37N5O. The van der Waals surface area contributed by atoms with Crippen molar-refractivity contribution in [3.05, 3.63) is 0 Å². The Labute approximate surface area is 153 Å². The van der Waals surface area contributed by atoms with Gasteiger partial charge in [0.15, 0.2) is 5.96 Å². The standard InChI is InChI=1S/C19H37N5O/c1-5-20-18(21-14-16-8-12-24(4)13-9-16)22-15-19(10-6-7-11-19)17(25)23(2)3/h16H,5-15H2,1-4H3,(H2,20,21,22). The van der Waals surface area contributed by atoms with Crippen molar-refractivity contribution < 1.29 is 4.79 Å². The van der Waals surface area contributed by atoms with Crippen molar-refractivity contribution in [1.29, 1.82) is 0 Å². The molecule has 0 radical (unpaired) electrons. The first-order valence-corrected chi connectivity index (χ1v) is 9.89. The van der Waals surface area contributed by atoms with Crippen LogP contribution in [0.5, 0.6) is 0 Å². The zero-order valence-electron chi connectivity index (χ0n) is 16.6. The number of nitrogens with one attached hydrogen (secondary N) is 2. The van der Waals surface area contributed by atoms with Gasteiger partial charge in [0.2, 0.25) is 5.91 Å². The molecule has 1 saturated carbocycles. The molecule has 144 valence electrons. The SMILES string of the molecule is CCNC(=NCC1(C(=O)N(C)C)CCCC1)NCC1CCN(C)CC1. The molecule has 0 aromatic rings. The smallest absolute Gasteiger partial charge is 0.230 e. The molecule has 6 heteroatoms. The summed E-state index contributed by atoms with van der Waals surface area (Å²) >= 11 is 0. The summed E-state index contributed by atoms with van der Waals surface area (Å²) in [5, 5.41) is 6.85. The zero-order chi connectivity index (χ0) is 18.3. The lowest BCUT2D eigenvalue weighted by Crippen LogP contribution is -2.44. The molecule has 2 rings (SSSR count). The highest BCUT2D eigenvalue weighted by molar-refractivity contribution is 5.84.